The van der Waals surface area contributed by atoms with Gasteiger partial charge in [-0.15, -0.1) is 0 Å². The average molecular weight is 222 g/mol. The van der Waals surface area contributed by atoms with Crippen LogP contribution in [-0.2, 0) is 0 Å². The molecule has 0 heterocycles. The first-order valence-corrected chi connectivity index (χ1v) is 7.61. The molecule has 0 heteroatoms. The maximum Gasteiger partial charge on any atom is -0.0360 e. The lowest BCUT2D eigenvalue weighted by Gasteiger charge is -2.40. The van der Waals surface area contributed by atoms with Gasteiger partial charge >= 0.3 is 0 Å². The largest absolute Gasteiger partial charge is 0.0622 e. The summed E-state index contributed by atoms with van der Waals surface area (Å²) in [5.74, 6) is 5.94. The standard InChI is InChI=1S/C16H30/c1-11-7-5-10-16(11)14(4)12(2)13(3)15-8-6-9-15/h11-16H,5-10H2,1-4H3. The van der Waals surface area contributed by atoms with Gasteiger partial charge in [-0.25, -0.2) is 0 Å². The van der Waals surface area contributed by atoms with Crippen molar-refractivity contribution in [2.45, 2.75) is 66.2 Å². The molecular weight excluding hydrogens is 192 g/mol. The van der Waals surface area contributed by atoms with Gasteiger partial charge in [-0.2, -0.15) is 0 Å². The van der Waals surface area contributed by atoms with Gasteiger partial charge in [0.05, 0.1) is 0 Å². The molecule has 0 saturated heterocycles. The van der Waals surface area contributed by atoms with Gasteiger partial charge in [-0.1, -0.05) is 59.8 Å². The quantitative estimate of drug-likeness (QED) is 0.618. The Balaban J connectivity index is 1.89. The molecule has 0 aromatic heterocycles. The molecule has 2 aliphatic rings. The zero-order chi connectivity index (χ0) is 11.7. The van der Waals surface area contributed by atoms with Crippen LogP contribution in [0.15, 0.2) is 0 Å². The lowest BCUT2D eigenvalue weighted by Crippen LogP contribution is -2.31. The van der Waals surface area contributed by atoms with E-state index in [1.165, 1.54) is 38.5 Å². The van der Waals surface area contributed by atoms with Crippen LogP contribution in [0.4, 0.5) is 0 Å². The highest BCUT2D eigenvalue weighted by molar-refractivity contribution is 4.86. The smallest absolute Gasteiger partial charge is 0.0360 e. The molecule has 2 fully saturated rings. The van der Waals surface area contributed by atoms with Crippen LogP contribution in [0.2, 0.25) is 0 Å². The molecule has 5 unspecified atom stereocenters. The van der Waals surface area contributed by atoms with Crippen molar-refractivity contribution in [3.8, 4) is 0 Å². The maximum absolute atomic E-state index is 2.53. The van der Waals surface area contributed by atoms with Crippen LogP contribution in [0.25, 0.3) is 0 Å². The topological polar surface area (TPSA) is 0 Å². The second kappa shape index (κ2) is 5.10. The first kappa shape index (κ1) is 12.5. The molecule has 0 aromatic carbocycles. The van der Waals surface area contributed by atoms with Gasteiger partial charge in [-0.05, 0) is 41.9 Å². The molecule has 0 bridgehead atoms. The van der Waals surface area contributed by atoms with Crippen LogP contribution in [0.3, 0.4) is 0 Å². The number of hydrogen-bond acceptors (Lipinski definition) is 0. The third-order valence-corrected chi connectivity index (χ3v) is 6.16. The van der Waals surface area contributed by atoms with E-state index in [1.54, 1.807) is 0 Å². The van der Waals surface area contributed by atoms with Crippen molar-refractivity contribution in [3.63, 3.8) is 0 Å². The highest BCUT2D eigenvalue weighted by atomic mass is 14.4. The second-order valence-corrected chi connectivity index (χ2v) is 6.84. The van der Waals surface area contributed by atoms with Crippen LogP contribution in [-0.4, -0.2) is 0 Å². The molecule has 16 heavy (non-hydrogen) atoms. The Hall–Kier alpha value is 0. The van der Waals surface area contributed by atoms with Gasteiger partial charge in [-0.3, -0.25) is 0 Å². The summed E-state index contributed by atoms with van der Waals surface area (Å²) < 4.78 is 0. The average Bonchev–Trinajstić information content (AvgIpc) is 2.59. The monoisotopic (exact) mass is 222 g/mol. The predicted octanol–water partition coefficient (Wildman–Crippen LogP) is 5.13. The summed E-state index contributed by atoms with van der Waals surface area (Å²) in [5, 5.41) is 0. The van der Waals surface area contributed by atoms with E-state index in [4.69, 9.17) is 0 Å². The van der Waals surface area contributed by atoms with E-state index in [9.17, 15) is 0 Å². The van der Waals surface area contributed by atoms with Crippen molar-refractivity contribution < 1.29 is 0 Å². The van der Waals surface area contributed by atoms with E-state index in [-0.39, 0.29) is 0 Å². The van der Waals surface area contributed by atoms with Crippen molar-refractivity contribution in [3.05, 3.63) is 0 Å². The molecule has 0 radical (unpaired) electrons. The Morgan fingerprint density at radius 2 is 1.44 bits per heavy atom. The molecule has 5 atom stereocenters. The van der Waals surface area contributed by atoms with Crippen molar-refractivity contribution >= 4 is 0 Å². The number of hydrogen-bond donors (Lipinski definition) is 0. The van der Waals surface area contributed by atoms with Crippen LogP contribution in [0.5, 0.6) is 0 Å². The summed E-state index contributed by atoms with van der Waals surface area (Å²) >= 11 is 0. The molecule has 2 saturated carbocycles. The Labute approximate surface area is 102 Å². The van der Waals surface area contributed by atoms with Crippen molar-refractivity contribution in [2.24, 2.45) is 35.5 Å². The lowest BCUT2D eigenvalue weighted by molar-refractivity contribution is 0.0993. The third kappa shape index (κ3) is 2.31. The maximum atomic E-state index is 2.53. The Morgan fingerprint density at radius 1 is 0.812 bits per heavy atom. The van der Waals surface area contributed by atoms with E-state index in [1.807, 2.05) is 0 Å². The molecule has 0 aromatic rings. The molecular formula is C16H30. The number of rotatable bonds is 4. The van der Waals surface area contributed by atoms with Gasteiger partial charge < -0.3 is 0 Å². The summed E-state index contributed by atoms with van der Waals surface area (Å²) in [4.78, 5) is 0. The summed E-state index contributed by atoms with van der Waals surface area (Å²) in [5.41, 5.74) is 0. The van der Waals surface area contributed by atoms with E-state index >= 15 is 0 Å². The summed E-state index contributed by atoms with van der Waals surface area (Å²) in [6, 6.07) is 0. The minimum absolute atomic E-state index is 0.941. The van der Waals surface area contributed by atoms with Crippen molar-refractivity contribution in [1.82, 2.24) is 0 Å². The molecule has 0 spiro atoms. The van der Waals surface area contributed by atoms with Gasteiger partial charge in [0.15, 0.2) is 0 Å². The van der Waals surface area contributed by atoms with Crippen LogP contribution < -0.4 is 0 Å². The predicted molar refractivity (Wildman–Crippen MR) is 71.3 cm³/mol. The van der Waals surface area contributed by atoms with Crippen LogP contribution in [0.1, 0.15) is 66.2 Å². The molecule has 2 rings (SSSR count). The van der Waals surface area contributed by atoms with Crippen molar-refractivity contribution in [2.75, 3.05) is 0 Å². The molecule has 2 aliphatic carbocycles. The fraction of sp³-hybridized carbons (Fsp3) is 1.00. The van der Waals surface area contributed by atoms with Gasteiger partial charge in [0.1, 0.15) is 0 Å². The zero-order valence-electron chi connectivity index (χ0n) is 11.7. The van der Waals surface area contributed by atoms with Crippen LogP contribution >= 0.6 is 0 Å². The van der Waals surface area contributed by atoms with E-state index in [0.29, 0.717) is 0 Å². The van der Waals surface area contributed by atoms with Gasteiger partial charge in [0.2, 0.25) is 0 Å². The Kier molecular flexibility index (Phi) is 3.97. The first-order chi connectivity index (χ1) is 7.61. The van der Waals surface area contributed by atoms with E-state index in [2.05, 4.69) is 27.7 Å². The molecule has 0 aliphatic heterocycles. The minimum atomic E-state index is 0.941. The molecule has 0 amide bonds. The molecule has 0 N–H and O–H groups in total. The fourth-order valence-electron chi connectivity index (χ4n) is 4.22. The molecule has 0 nitrogen and oxygen atoms in total. The third-order valence-electron chi connectivity index (χ3n) is 6.16. The Bertz CT molecular complexity index is 216. The second-order valence-electron chi connectivity index (χ2n) is 6.84. The summed E-state index contributed by atoms with van der Waals surface area (Å²) in [6.45, 7) is 10.1. The molecule has 94 valence electrons. The zero-order valence-corrected chi connectivity index (χ0v) is 11.7. The normalized spacial score (nSPS) is 36.8. The summed E-state index contributed by atoms with van der Waals surface area (Å²) in [6.07, 6.45) is 9.00. The van der Waals surface area contributed by atoms with E-state index in [0.717, 1.165) is 35.5 Å². The van der Waals surface area contributed by atoms with E-state index < -0.39 is 0 Å². The Morgan fingerprint density at radius 3 is 1.88 bits per heavy atom. The fourth-order valence-corrected chi connectivity index (χ4v) is 4.22. The lowest BCUT2D eigenvalue weighted by atomic mass is 9.66. The van der Waals surface area contributed by atoms with Crippen molar-refractivity contribution in [1.29, 1.82) is 0 Å². The summed E-state index contributed by atoms with van der Waals surface area (Å²) in [7, 11) is 0. The minimum Gasteiger partial charge on any atom is -0.0622 e. The highest BCUT2D eigenvalue weighted by Crippen LogP contribution is 2.45. The van der Waals surface area contributed by atoms with Crippen LogP contribution in [0, 0.1) is 35.5 Å². The van der Waals surface area contributed by atoms with Gasteiger partial charge in [0, 0.05) is 0 Å². The highest BCUT2D eigenvalue weighted by Gasteiger charge is 2.36. The van der Waals surface area contributed by atoms with Gasteiger partial charge in [0.25, 0.3) is 0 Å². The SMILES string of the molecule is CC1CCCC1C(C)C(C)C(C)C1CCC1. The first-order valence-electron chi connectivity index (χ1n) is 7.61.